The number of aromatic nitrogens is 6. The van der Waals surface area contributed by atoms with Crippen LogP contribution in [-0.2, 0) is 11.8 Å². The molecule has 0 atom stereocenters. The number of nitrogens with one attached hydrogen (secondary N) is 2. The summed E-state index contributed by atoms with van der Waals surface area (Å²) in [5.74, 6) is 1.34. The predicted molar refractivity (Wildman–Crippen MR) is 104 cm³/mol. The van der Waals surface area contributed by atoms with Crippen LogP contribution in [0.4, 0.5) is 0 Å². The smallest absolute Gasteiger partial charge is 0.222 e. The molecule has 138 valence electrons. The van der Waals surface area contributed by atoms with Crippen molar-refractivity contribution in [3.63, 3.8) is 0 Å². The third-order valence-corrected chi connectivity index (χ3v) is 4.60. The molecule has 7 heteroatoms. The van der Waals surface area contributed by atoms with Gasteiger partial charge in [0.25, 0.3) is 0 Å². The Bertz CT molecular complexity index is 1080. The molecule has 0 fully saturated rings. The molecule has 3 aromatic heterocycles. The summed E-state index contributed by atoms with van der Waals surface area (Å²) in [6.07, 6.45) is 0.713. The van der Waals surface area contributed by atoms with Crippen molar-refractivity contribution in [2.45, 2.75) is 32.6 Å². The third kappa shape index (κ3) is 3.28. The van der Waals surface area contributed by atoms with Gasteiger partial charge in [-0.25, -0.2) is 4.98 Å². The summed E-state index contributed by atoms with van der Waals surface area (Å²) in [5.41, 5.74) is 5.17. The Balaban J connectivity index is 1.80. The number of hydrogen-bond donors (Lipinski definition) is 2. The van der Waals surface area contributed by atoms with Crippen molar-refractivity contribution in [2.75, 3.05) is 7.11 Å². The molecule has 27 heavy (non-hydrogen) atoms. The van der Waals surface area contributed by atoms with Crippen molar-refractivity contribution in [1.82, 2.24) is 30.6 Å². The number of H-pyrrole nitrogens is 2. The van der Waals surface area contributed by atoms with Crippen LogP contribution in [0.15, 0.2) is 36.4 Å². The van der Waals surface area contributed by atoms with Crippen molar-refractivity contribution >= 4 is 10.9 Å². The number of hydrogen-bond acceptors (Lipinski definition) is 5. The molecule has 0 spiro atoms. The molecular formula is C20H22N6O. The SMILES string of the molecule is COc1ccc2c(Cc3cccc(-c4nn[nH]n4)n3)c(C(C)(C)C)[nH]c2c1. The maximum Gasteiger partial charge on any atom is 0.222 e. The molecule has 0 saturated carbocycles. The van der Waals surface area contributed by atoms with Crippen LogP contribution in [0.3, 0.4) is 0 Å². The molecule has 3 heterocycles. The first-order chi connectivity index (χ1) is 13.0. The lowest BCUT2D eigenvalue weighted by molar-refractivity contribution is 0.415. The minimum absolute atomic E-state index is 0.0210. The average molecular weight is 362 g/mol. The second-order valence-electron chi connectivity index (χ2n) is 7.57. The van der Waals surface area contributed by atoms with Crippen molar-refractivity contribution in [3.8, 4) is 17.3 Å². The molecule has 0 unspecified atom stereocenters. The van der Waals surface area contributed by atoms with Gasteiger partial charge in [0.2, 0.25) is 5.82 Å². The fraction of sp³-hybridized carbons (Fsp3) is 0.300. The lowest BCUT2D eigenvalue weighted by Gasteiger charge is -2.19. The van der Waals surface area contributed by atoms with Crippen molar-refractivity contribution < 1.29 is 4.74 Å². The highest BCUT2D eigenvalue weighted by atomic mass is 16.5. The van der Waals surface area contributed by atoms with Crippen LogP contribution in [-0.4, -0.2) is 37.7 Å². The number of nitrogens with zero attached hydrogens (tertiary/aromatic N) is 4. The van der Waals surface area contributed by atoms with Crippen LogP contribution in [0, 0.1) is 0 Å². The van der Waals surface area contributed by atoms with E-state index in [0.29, 0.717) is 17.9 Å². The Kier molecular flexibility index (Phi) is 4.14. The van der Waals surface area contributed by atoms with E-state index in [-0.39, 0.29) is 5.41 Å². The quantitative estimate of drug-likeness (QED) is 0.578. The Morgan fingerprint density at radius 2 is 1.96 bits per heavy atom. The van der Waals surface area contributed by atoms with Crippen molar-refractivity contribution in [1.29, 1.82) is 0 Å². The molecule has 7 nitrogen and oxygen atoms in total. The molecule has 4 rings (SSSR count). The molecule has 0 bridgehead atoms. The summed E-state index contributed by atoms with van der Waals surface area (Å²) in [7, 11) is 1.68. The van der Waals surface area contributed by atoms with Crippen LogP contribution >= 0.6 is 0 Å². The third-order valence-electron chi connectivity index (χ3n) is 4.60. The first kappa shape index (κ1) is 17.2. The summed E-state index contributed by atoms with van der Waals surface area (Å²) in [6.45, 7) is 6.63. The van der Waals surface area contributed by atoms with E-state index in [1.807, 2.05) is 30.3 Å². The lowest BCUT2D eigenvalue weighted by Crippen LogP contribution is -2.14. The average Bonchev–Trinajstić information content (AvgIpc) is 3.29. The zero-order chi connectivity index (χ0) is 19.0. The largest absolute Gasteiger partial charge is 0.497 e. The first-order valence-corrected chi connectivity index (χ1v) is 8.84. The number of pyridine rings is 1. The molecule has 0 aliphatic carbocycles. The zero-order valence-electron chi connectivity index (χ0n) is 15.9. The van der Waals surface area contributed by atoms with E-state index in [1.165, 1.54) is 16.6 Å². The van der Waals surface area contributed by atoms with E-state index in [9.17, 15) is 0 Å². The highest BCUT2D eigenvalue weighted by Gasteiger charge is 2.23. The Hall–Kier alpha value is -3.22. The second-order valence-corrected chi connectivity index (χ2v) is 7.57. The van der Waals surface area contributed by atoms with Crippen LogP contribution < -0.4 is 4.74 Å². The Labute approximate surface area is 157 Å². The number of methoxy groups -OCH3 is 1. The topological polar surface area (TPSA) is 92.4 Å². The minimum atomic E-state index is -0.0210. The van der Waals surface area contributed by atoms with Gasteiger partial charge in [0.15, 0.2) is 0 Å². The van der Waals surface area contributed by atoms with Crippen LogP contribution in [0.25, 0.3) is 22.4 Å². The number of fused-ring (bicyclic) bond motifs is 1. The van der Waals surface area contributed by atoms with Gasteiger partial charge < -0.3 is 9.72 Å². The second kappa shape index (κ2) is 6.50. The standard InChI is InChI=1S/C20H22N6O/c1-20(2,3)18-15(14-9-8-13(27-4)11-17(14)22-18)10-12-6-5-7-16(21-12)19-23-25-26-24-19/h5-9,11,22H,10H2,1-4H3,(H,23,24,25,26). The maximum absolute atomic E-state index is 5.38. The van der Waals surface area contributed by atoms with Gasteiger partial charge >= 0.3 is 0 Å². The van der Waals surface area contributed by atoms with Crippen LogP contribution in [0.2, 0.25) is 0 Å². The van der Waals surface area contributed by atoms with Gasteiger partial charge in [-0.2, -0.15) is 5.21 Å². The number of tetrazole rings is 1. The van der Waals surface area contributed by atoms with Gasteiger partial charge in [-0.15, -0.1) is 10.2 Å². The van der Waals surface area contributed by atoms with Gasteiger partial charge in [-0.05, 0) is 35.0 Å². The summed E-state index contributed by atoms with van der Waals surface area (Å²) in [5, 5.41) is 15.3. The number of rotatable bonds is 4. The van der Waals surface area contributed by atoms with Crippen LogP contribution in [0.5, 0.6) is 5.75 Å². The van der Waals surface area contributed by atoms with Crippen molar-refractivity contribution in [3.05, 3.63) is 53.3 Å². The van der Waals surface area contributed by atoms with Crippen molar-refractivity contribution in [2.24, 2.45) is 0 Å². The zero-order valence-corrected chi connectivity index (χ0v) is 15.9. The van der Waals surface area contributed by atoms with E-state index in [0.717, 1.165) is 17.0 Å². The number of ether oxygens (including phenoxy) is 1. The highest BCUT2D eigenvalue weighted by molar-refractivity contribution is 5.86. The molecule has 0 saturated heterocycles. The van der Waals surface area contributed by atoms with E-state index in [2.05, 4.69) is 52.4 Å². The molecule has 0 radical (unpaired) electrons. The summed E-state index contributed by atoms with van der Waals surface area (Å²) >= 11 is 0. The highest BCUT2D eigenvalue weighted by Crippen LogP contribution is 2.34. The molecule has 0 amide bonds. The molecule has 0 aliphatic rings. The van der Waals surface area contributed by atoms with Gasteiger partial charge in [0.1, 0.15) is 11.4 Å². The number of aromatic amines is 2. The molecular weight excluding hydrogens is 340 g/mol. The molecule has 1 aromatic carbocycles. The summed E-state index contributed by atoms with van der Waals surface area (Å²) in [4.78, 5) is 8.32. The summed E-state index contributed by atoms with van der Waals surface area (Å²) < 4.78 is 5.38. The normalized spacial score (nSPS) is 11.9. The Morgan fingerprint density at radius 3 is 2.67 bits per heavy atom. The van der Waals surface area contributed by atoms with E-state index in [4.69, 9.17) is 9.72 Å². The van der Waals surface area contributed by atoms with Gasteiger partial charge in [-0.3, -0.25) is 0 Å². The van der Waals surface area contributed by atoms with E-state index >= 15 is 0 Å². The predicted octanol–water partition coefficient (Wildman–Crippen LogP) is 3.64. The molecule has 0 aliphatic heterocycles. The van der Waals surface area contributed by atoms with Gasteiger partial charge in [0, 0.05) is 40.2 Å². The Morgan fingerprint density at radius 1 is 1.11 bits per heavy atom. The van der Waals surface area contributed by atoms with E-state index in [1.54, 1.807) is 7.11 Å². The molecule has 2 N–H and O–H groups in total. The van der Waals surface area contributed by atoms with E-state index < -0.39 is 0 Å². The van der Waals surface area contributed by atoms with Crippen LogP contribution in [0.1, 0.15) is 37.7 Å². The lowest BCUT2D eigenvalue weighted by atomic mass is 9.87. The fourth-order valence-corrected chi connectivity index (χ4v) is 3.34. The number of benzene rings is 1. The summed E-state index contributed by atoms with van der Waals surface area (Å²) in [6, 6.07) is 12.0. The minimum Gasteiger partial charge on any atom is -0.497 e. The first-order valence-electron chi connectivity index (χ1n) is 8.84. The van der Waals surface area contributed by atoms with Gasteiger partial charge in [0.05, 0.1) is 7.11 Å². The van der Waals surface area contributed by atoms with Gasteiger partial charge in [-0.1, -0.05) is 26.8 Å². The maximum atomic E-state index is 5.38. The molecule has 4 aromatic rings. The fourth-order valence-electron chi connectivity index (χ4n) is 3.34. The monoisotopic (exact) mass is 362 g/mol.